The number of hydrogen-bond acceptors (Lipinski definition) is 6. The lowest BCUT2D eigenvalue weighted by molar-refractivity contribution is -0.140. The fraction of sp³-hybridized carbons (Fsp3) is 0.583. The molecule has 7 nitrogen and oxygen atoms in total. The van der Waals surface area contributed by atoms with Crippen LogP contribution >= 0.6 is 0 Å². The first-order valence-corrected chi connectivity index (χ1v) is 5.76. The Labute approximate surface area is 112 Å². The van der Waals surface area contributed by atoms with E-state index in [0.29, 0.717) is 5.57 Å². The molecule has 1 amide bonds. The summed E-state index contributed by atoms with van der Waals surface area (Å²) in [6, 6.07) is 1.85. The molecule has 0 rings (SSSR count). The summed E-state index contributed by atoms with van der Waals surface area (Å²) < 4.78 is 14.6. The van der Waals surface area contributed by atoms with Gasteiger partial charge in [0, 0.05) is 12.1 Å². The van der Waals surface area contributed by atoms with Crippen LogP contribution in [0.5, 0.6) is 0 Å². The summed E-state index contributed by atoms with van der Waals surface area (Å²) >= 11 is 0. The van der Waals surface area contributed by atoms with Crippen LogP contribution in [-0.4, -0.2) is 45.0 Å². The maximum absolute atomic E-state index is 11.0. The quantitative estimate of drug-likeness (QED) is 0.377. The Morgan fingerprint density at radius 3 is 2.58 bits per heavy atom. The van der Waals surface area contributed by atoms with Crippen molar-refractivity contribution < 1.29 is 23.8 Å². The molecule has 0 unspecified atom stereocenters. The Morgan fingerprint density at radius 1 is 1.21 bits per heavy atom. The molecular weight excluding hydrogens is 252 g/mol. The number of nitriles is 1. The second-order valence-electron chi connectivity index (χ2n) is 3.50. The van der Waals surface area contributed by atoms with Crippen LogP contribution in [0.4, 0.5) is 4.79 Å². The zero-order chi connectivity index (χ0) is 14.5. The zero-order valence-corrected chi connectivity index (χ0v) is 10.9. The summed E-state index contributed by atoms with van der Waals surface area (Å²) in [6.07, 6.45) is -0.426. The maximum Gasteiger partial charge on any atom is 0.407 e. The lowest BCUT2D eigenvalue weighted by atomic mass is 10.4. The van der Waals surface area contributed by atoms with Crippen LogP contribution in [0.25, 0.3) is 0 Å². The second kappa shape index (κ2) is 11.0. The minimum absolute atomic E-state index is 0.0695. The summed E-state index contributed by atoms with van der Waals surface area (Å²) in [5, 5.41) is 10.7. The third-order valence-electron chi connectivity index (χ3n) is 1.77. The zero-order valence-electron chi connectivity index (χ0n) is 10.9. The largest absolute Gasteiger partial charge is 0.460 e. The summed E-state index contributed by atoms with van der Waals surface area (Å²) in [6.45, 7) is 6.00. The molecule has 1 N–H and O–H groups in total. The molecule has 0 aromatic rings. The predicted molar refractivity (Wildman–Crippen MR) is 66.2 cm³/mol. The molecular formula is C12H18N2O5. The number of ether oxygens (including phenoxy) is 3. The molecule has 0 saturated heterocycles. The summed E-state index contributed by atoms with van der Waals surface area (Å²) in [7, 11) is 0. The predicted octanol–water partition coefficient (Wildman–Crippen LogP) is 0.762. The first-order chi connectivity index (χ1) is 9.07. The number of nitrogens with one attached hydrogen (secondary N) is 1. The van der Waals surface area contributed by atoms with Gasteiger partial charge in [-0.1, -0.05) is 6.58 Å². The minimum Gasteiger partial charge on any atom is -0.460 e. The van der Waals surface area contributed by atoms with E-state index in [1.54, 1.807) is 6.92 Å². The monoisotopic (exact) mass is 270 g/mol. The number of hydrogen-bond donors (Lipinski definition) is 1. The molecule has 0 bridgehead atoms. The van der Waals surface area contributed by atoms with Gasteiger partial charge in [0.25, 0.3) is 0 Å². The number of carbonyl (C=O) groups is 2. The van der Waals surface area contributed by atoms with E-state index in [1.807, 2.05) is 6.07 Å². The molecule has 0 aromatic heterocycles. The highest BCUT2D eigenvalue weighted by Gasteiger charge is 2.02. The van der Waals surface area contributed by atoms with Gasteiger partial charge in [0.15, 0.2) is 0 Å². The van der Waals surface area contributed by atoms with Crippen molar-refractivity contribution in [3.05, 3.63) is 12.2 Å². The molecule has 0 aromatic carbocycles. The third-order valence-corrected chi connectivity index (χ3v) is 1.77. The fourth-order valence-corrected chi connectivity index (χ4v) is 0.884. The van der Waals surface area contributed by atoms with Gasteiger partial charge in [-0.05, 0) is 6.92 Å². The first kappa shape index (κ1) is 16.9. The van der Waals surface area contributed by atoms with Crippen molar-refractivity contribution >= 4 is 12.1 Å². The van der Waals surface area contributed by atoms with E-state index in [2.05, 4.69) is 16.6 Å². The van der Waals surface area contributed by atoms with Crippen LogP contribution < -0.4 is 5.32 Å². The van der Waals surface area contributed by atoms with Crippen LogP contribution in [0.2, 0.25) is 0 Å². The van der Waals surface area contributed by atoms with Crippen LogP contribution in [0, 0.1) is 11.3 Å². The Balaban J connectivity index is 3.31. The summed E-state index contributed by atoms with van der Waals surface area (Å²) in [5.41, 5.74) is 0.335. The smallest absolute Gasteiger partial charge is 0.407 e. The van der Waals surface area contributed by atoms with Crippen LogP contribution in [-0.2, 0) is 19.0 Å². The van der Waals surface area contributed by atoms with Crippen molar-refractivity contribution in [2.45, 2.75) is 13.3 Å². The van der Waals surface area contributed by atoms with E-state index in [9.17, 15) is 9.59 Å². The lowest BCUT2D eigenvalue weighted by Crippen LogP contribution is -2.28. The van der Waals surface area contributed by atoms with Crippen molar-refractivity contribution in [3.63, 3.8) is 0 Å². The van der Waals surface area contributed by atoms with Crippen molar-refractivity contribution in [1.29, 1.82) is 5.26 Å². The minimum atomic E-state index is -0.590. The number of alkyl carbamates (subject to hydrolysis) is 1. The highest BCUT2D eigenvalue weighted by molar-refractivity contribution is 5.86. The molecule has 0 saturated carbocycles. The normalized spacial score (nSPS) is 9.26. The van der Waals surface area contributed by atoms with Crippen molar-refractivity contribution in [2.75, 3.05) is 33.0 Å². The van der Waals surface area contributed by atoms with Gasteiger partial charge in [-0.3, -0.25) is 0 Å². The third kappa shape index (κ3) is 10.8. The topological polar surface area (TPSA) is 97.7 Å². The Kier molecular flexibility index (Phi) is 9.84. The van der Waals surface area contributed by atoms with Gasteiger partial charge in [-0.2, -0.15) is 5.26 Å². The molecule has 0 fully saturated rings. The second-order valence-corrected chi connectivity index (χ2v) is 3.50. The van der Waals surface area contributed by atoms with E-state index in [4.69, 9.17) is 14.7 Å². The van der Waals surface area contributed by atoms with E-state index in [-0.39, 0.29) is 39.4 Å². The summed E-state index contributed by atoms with van der Waals surface area (Å²) in [5.74, 6) is -0.456. The average Bonchev–Trinajstić information content (AvgIpc) is 2.37. The number of amides is 1. The number of carbonyl (C=O) groups excluding carboxylic acids is 2. The molecule has 0 radical (unpaired) electrons. The molecule has 106 valence electrons. The van der Waals surface area contributed by atoms with Crippen LogP contribution in [0.3, 0.4) is 0 Å². The fourth-order valence-electron chi connectivity index (χ4n) is 0.884. The number of nitrogens with zero attached hydrogens (tertiary/aromatic N) is 1. The van der Waals surface area contributed by atoms with Gasteiger partial charge < -0.3 is 19.5 Å². The van der Waals surface area contributed by atoms with Gasteiger partial charge in [0.05, 0.1) is 25.7 Å². The van der Waals surface area contributed by atoms with E-state index < -0.39 is 12.1 Å². The van der Waals surface area contributed by atoms with Gasteiger partial charge in [0.2, 0.25) is 0 Å². The van der Waals surface area contributed by atoms with Gasteiger partial charge in [0.1, 0.15) is 13.2 Å². The van der Waals surface area contributed by atoms with E-state index >= 15 is 0 Å². The molecule has 0 atom stereocenters. The standard InChI is InChI=1S/C12H18N2O5/c1-10(2)11(15)18-9-8-17-7-5-14-12(16)19-6-3-4-13/h1,3,5-9H2,2H3,(H,14,16). The highest BCUT2D eigenvalue weighted by Crippen LogP contribution is 1.91. The number of esters is 1. The molecule has 0 aliphatic carbocycles. The Hall–Kier alpha value is -2.07. The van der Waals surface area contributed by atoms with Gasteiger partial charge in [-0.25, -0.2) is 9.59 Å². The first-order valence-electron chi connectivity index (χ1n) is 5.76. The van der Waals surface area contributed by atoms with E-state index in [1.165, 1.54) is 0 Å². The molecule has 0 aliphatic heterocycles. The van der Waals surface area contributed by atoms with Crippen LogP contribution in [0.1, 0.15) is 13.3 Å². The molecule has 0 spiro atoms. The molecule has 0 aliphatic rings. The van der Waals surface area contributed by atoms with E-state index in [0.717, 1.165) is 0 Å². The van der Waals surface area contributed by atoms with Gasteiger partial charge in [-0.15, -0.1) is 0 Å². The lowest BCUT2D eigenvalue weighted by Gasteiger charge is -2.07. The van der Waals surface area contributed by atoms with Crippen molar-refractivity contribution in [3.8, 4) is 6.07 Å². The maximum atomic E-state index is 11.0. The Bertz CT molecular complexity index is 349. The van der Waals surface area contributed by atoms with Crippen molar-refractivity contribution in [2.24, 2.45) is 0 Å². The SMILES string of the molecule is C=C(C)C(=O)OCCOCCNC(=O)OCCC#N. The van der Waals surface area contributed by atoms with Crippen molar-refractivity contribution in [1.82, 2.24) is 5.32 Å². The van der Waals surface area contributed by atoms with Gasteiger partial charge >= 0.3 is 12.1 Å². The molecule has 19 heavy (non-hydrogen) atoms. The molecule has 7 heteroatoms. The average molecular weight is 270 g/mol. The molecule has 0 heterocycles. The summed E-state index contributed by atoms with van der Waals surface area (Å²) in [4.78, 5) is 22.0. The Morgan fingerprint density at radius 2 is 1.95 bits per heavy atom. The number of rotatable bonds is 9. The van der Waals surface area contributed by atoms with Crippen LogP contribution in [0.15, 0.2) is 12.2 Å². The highest BCUT2D eigenvalue weighted by atomic mass is 16.6.